The highest BCUT2D eigenvalue weighted by atomic mass is 16.2. The SMILES string of the molecule is Cc1cc(C)nc(NC(=O)NCCN(C)C)c1. The lowest BCUT2D eigenvalue weighted by atomic mass is 10.2. The quantitative estimate of drug-likeness (QED) is 0.830. The first-order chi connectivity index (χ1) is 7.97. The maximum Gasteiger partial charge on any atom is 0.320 e. The first-order valence-electron chi connectivity index (χ1n) is 5.62. The van der Waals surface area contributed by atoms with Gasteiger partial charge in [0.05, 0.1) is 0 Å². The van der Waals surface area contributed by atoms with Crippen molar-refractivity contribution in [2.45, 2.75) is 13.8 Å². The van der Waals surface area contributed by atoms with Gasteiger partial charge in [-0.05, 0) is 45.6 Å². The molecule has 0 bridgehead atoms. The van der Waals surface area contributed by atoms with Gasteiger partial charge in [-0.2, -0.15) is 0 Å². The predicted octanol–water partition coefficient (Wildman–Crippen LogP) is 1.38. The van der Waals surface area contributed by atoms with Crippen LogP contribution in [0.5, 0.6) is 0 Å². The number of carbonyl (C=O) groups excluding carboxylic acids is 1. The molecular weight excluding hydrogens is 216 g/mol. The highest BCUT2D eigenvalue weighted by molar-refractivity contribution is 5.88. The van der Waals surface area contributed by atoms with Crippen molar-refractivity contribution in [1.82, 2.24) is 15.2 Å². The molecule has 94 valence electrons. The third-order valence-corrected chi connectivity index (χ3v) is 2.18. The van der Waals surface area contributed by atoms with Gasteiger partial charge >= 0.3 is 6.03 Å². The van der Waals surface area contributed by atoms with Crippen molar-refractivity contribution in [3.63, 3.8) is 0 Å². The normalized spacial score (nSPS) is 10.4. The van der Waals surface area contributed by atoms with Gasteiger partial charge < -0.3 is 10.2 Å². The molecule has 1 aromatic rings. The van der Waals surface area contributed by atoms with E-state index in [1.807, 2.05) is 45.0 Å². The number of pyridine rings is 1. The highest BCUT2D eigenvalue weighted by Crippen LogP contribution is 2.08. The average molecular weight is 236 g/mol. The van der Waals surface area contributed by atoms with Crippen molar-refractivity contribution >= 4 is 11.8 Å². The monoisotopic (exact) mass is 236 g/mol. The zero-order chi connectivity index (χ0) is 12.8. The number of hydrogen-bond acceptors (Lipinski definition) is 3. The summed E-state index contributed by atoms with van der Waals surface area (Å²) in [4.78, 5) is 17.8. The van der Waals surface area contributed by atoms with Gasteiger partial charge in [-0.1, -0.05) is 0 Å². The molecule has 0 spiro atoms. The Morgan fingerprint density at radius 1 is 1.35 bits per heavy atom. The number of aryl methyl sites for hydroxylation is 2. The molecule has 0 saturated heterocycles. The van der Waals surface area contributed by atoms with Gasteiger partial charge in [-0.25, -0.2) is 9.78 Å². The summed E-state index contributed by atoms with van der Waals surface area (Å²) in [5, 5.41) is 5.49. The Bertz CT molecular complexity index is 370. The predicted molar refractivity (Wildman–Crippen MR) is 69.3 cm³/mol. The molecule has 0 aromatic carbocycles. The number of amides is 2. The van der Waals surface area contributed by atoms with Gasteiger partial charge in [0.15, 0.2) is 0 Å². The van der Waals surface area contributed by atoms with Crippen molar-refractivity contribution in [2.75, 3.05) is 32.5 Å². The van der Waals surface area contributed by atoms with Crippen LogP contribution in [0.4, 0.5) is 10.6 Å². The minimum atomic E-state index is -0.218. The van der Waals surface area contributed by atoms with Crippen LogP contribution in [0.25, 0.3) is 0 Å². The molecule has 0 atom stereocenters. The second-order valence-electron chi connectivity index (χ2n) is 4.36. The summed E-state index contributed by atoms with van der Waals surface area (Å²) in [6.07, 6.45) is 0. The summed E-state index contributed by atoms with van der Waals surface area (Å²) in [6, 6.07) is 3.59. The number of carbonyl (C=O) groups is 1. The van der Waals surface area contributed by atoms with Crippen LogP contribution in [-0.2, 0) is 0 Å². The fourth-order valence-corrected chi connectivity index (χ4v) is 1.46. The smallest absolute Gasteiger partial charge is 0.320 e. The number of anilines is 1. The minimum Gasteiger partial charge on any atom is -0.337 e. The summed E-state index contributed by atoms with van der Waals surface area (Å²) < 4.78 is 0. The number of rotatable bonds is 4. The fourth-order valence-electron chi connectivity index (χ4n) is 1.46. The summed E-state index contributed by atoms with van der Waals surface area (Å²) in [7, 11) is 3.93. The van der Waals surface area contributed by atoms with Crippen LogP contribution in [0.1, 0.15) is 11.3 Å². The molecule has 1 aromatic heterocycles. The molecule has 0 aliphatic rings. The van der Waals surface area contributed by atoms with Crippen LogP contribution in [-0.4, -0.2) is 43.1 Å². The molecule has 1 rings (SSSR count). The number of aromatic nitrogens is 1. The summed E-state index contributed by atoms with van der Waals surface area (Å²) in [6.45, 7) is 5.31. The van der Waals surface area contributed by atoms with Crippen molar-refractivity contribution < 1.29 is 4.79 Å². The molecular formula is C12H20N4O. The molecule has 17 heavy (non-hydrogen) atoms. The number of nitrogens with one attached hydrogen (secondary N) is 2. The minimum absolute atomic E-state index is 0.218. The summed E-state index contributed by atoms with van der Waals surface area (Å²) in [5.74, 6) is 0.588. The van der Waals surface area contributed by atoms with E-state index in [9.17, 15) is 4.79 Å². The Labute approximate surface area is 102 Å². The molecule has 0 aliphatic carbocycles. The van der Waals surface area contributed by atoms with Crippen LogP contribution < -0.4 is 10.6 Å². The first-order valence-corrected chi connectivity index (χ1v) is 5.62. The maximum atomic E-state index is 11.5. The molecule has 0 aliphatic heterocycles. The number of urea groups is 1. The van der Waals surface area contributed by atoms with Crippen molar-refractivity contribution in [2.24, 2.45) is 0 Å². The zero-order valence-corrected chi connectivity index (χ0v) is 10.9. The molecule has 2 amide bonds. The molecule has 0 saturated carbocycles. The number of hydrogen-bond donors (Lipinski definition) is 2. The van der Waals surface area contributed by atoms with E-state index in [2.05, 4.69) is 15.6 Å². The number of likely N-dealkylation sites (N-methyl/N-ethyl adjacent to an activating group) is 1. The van der Waals surface area contributed by atoms with Crippen LogP contribution in [0.3, 0.4) is 0 Å². The van der Waals surface area contributed by atoms with E-state index in [4.69, 9.17) is 0 Å². The second-order valence-corrected chi connectivity index (χ2v) is 4.36. The largest absolute Gasteiger partial charge is 0.337 e. The van der Waals surface area contributed by atoms with E-state index in [-0.39, 0.29) is 6.03 Å². The molecule has 0 unspecified atom stereocenters. The van der Waals surface area contributed by atoms with Gasteiger partial charge in [0.25, 0.3) is 0 Å². The Kier molecular flexibility index (Phi) is 4.90. The van der Waals surface area contributed by atoms with E-state index in [0.717, 1.165) is 17.8 Å². The highest BCUT2D eigenvalue weighted by Gasteiger charge is 2.03. The molecule has 0 fully saturated rings. The van der Waals surface area contributed by atoms with Crippen LogP contribution >= 0.6 is 0 Å². The maximum absolute atomic E-state index is 11.5. The Balaban J connectivity index is 2.45. The van der Waals surface area contributed by atoms with Gasteiger partial charge in [-0.15, -0.1) is 0 Å². The standard InChI is InChI=1S/C12H20N4O/c1-9-7-10(2)14-11(8-9)15-12(17)13-5-6-16(3)4/h7-8H,5-6H2,1-4H3,(H2,13,14,15,17). The zero-order valence-electron chi connectivity index (χ0n) is 10.9. The van der Waals surface area contributed by atoms with Crippen molar-refractivity contribution in [3.8, 4) is 0 Å². The lowest BCUT2D eigenvalue weighted by molar-refractivity contribution is 0.250. The molecule has 5 heteroatoms. The third kappa shape index (κ3) is 5.31. The lowest BCUT2D eigenvalue weighted by Crippen LogP contribution is -2.34. The van der Waals surface area contributed by atoms with Gasteiger partial charge in [-0.3, -0.25) is 5.32 Å². The van der Waals surface area contributed by atoms with Gasteiger partial charge in [0, 0.05) is 18.8 Å². The van der Waals surface area contributed by atoms with Crippen LogP contribution in [0, 0.1) is 13.8 Å². The fraction of sp³-hybridized carbons (Fsp3) is 0.500. The van der Waals surface area contributed by atoms with Gasteiger partial charge in [0.1, 0.15) is 5.82 Å². The van der Waals surface area contributed by atoms with E-state index in [0.29, 0.717) is 12.4 Å². The van der Waals surface area contributed by atoms with E-state index >= 15 is 0 Å². The Morgan fingerprint density at radius 3 is 2.65 bits per heavy atom. The van der Waals surface area contributed by atoms with Crippen molar-refractivity contribution in [1.29, 1.82) is 0 Å². The van der Waals surface area contributed by atoms with Crippen LogP contribution in [0.2, 0.25) is 0 Å². The summed E-state index contributed by atoms with van der Waals surface area (Å²) in [5.41, 5.74) is 1.98. The topological polar surface area (TPSA) is 57.3 Å². The lowest BCUT2D eigenvalue weighted by Gasteiger charge is -2.11. The molecule has 1 heterocycles. The number of nitrogens with zero attached hydrogens (tertiary/aromatic N) is 2. The third-order valence-electron chi connectivity index (χ3n) is 2.18. The Hall–Kier alpha value is -1.62. The summed E-state index contributed by atoms with van der Waals surface area (Å²) >= 11 is 0. The van der Waals surface area contributed by atoms with E-state index in [1.165, 1.54) is 0 Å². The molecule has 5 nitrogen and oxygen atoms in total. The van der Waals surface area contributed by atoms with Gasteiger partial charge in [0.2, 0.25) is 0 Å². The molecule has 0 radical (unpaired) electrons. The van der Waals surface area contributed by atoms with Crippen LogP contribution in [0.15, 0.2) is 12.1 Å². The first kappa shape index (κ1) is 13.4. The average Bonchev–Trinajstić information content (AvgIpc) is 2.14. The van der Waals surface area contributed by atoms with E-state index < -0.39 is 0 Å². The second kappa shape index (κ2) is 6.20. The van der Waals surface area contributed by atoms with E-state index in [1.54, 1.807) is 0 Å². The van der Waals surface area contributed by atoms with Crippen molar-refractivity contribution in [3.05, 3.63) is 23.4 Å². The Morgan fingerprint density at radius 2 is 2.06 bits per heavy atom. The molecule has 2 N–H and O–H groups in total.